The van der Waals surface area contributed by atoms with Gasteiger partial charge in [-0.25, -0.2) is 4.39 Å². The van der Waals surface area contributed by atoms with Crippen LogP contribution in [0.25, 0.3) is 0 Å². The molecule has 0 saturated heterocycles. The summed E-state index contributed by atoms with van der Waals surface area (Å²) in [5, 5.41) is 0. The Hall–Kier alpha value is -0.0700. The molecule has 1 aliphatic carbocycles. The van der Waals surface area contributed by atoms with Crippen LogP contribution in [0.1, 0.15) is 38.5 Å². The lowest BCUT2D eigenvalue weighted by Gasteiger charge is -2.10. The molecule has 0 N–H and O–H groups in total. The van der Waals surface area contributed by atoms with Gasteiger partial charge in [0.05, 0.1) is 0 Å². The summed E-state index contributed by atoms with van der Waals surface area (Å²) in [6, 6.07) is 0. The largest absolute Gasteiger partial charge is 0.247 e. The van der Waals surface area contributed by atoms with Gasteiger partial charge in [0.15, 0.2) is 0 Å². The first-order valence-corrected chi connectivity index (χ1v) is 3.85. The van der Waals surface area contributed by atoms with Gasteiger partial charge in [0.25, 0.3) is 0 Å². The Balaban J connectivity index is 2.12. The van der Waals surface area contributed by atoms with Crippen molar-refractivity contribution in [2.45, 2.75) is 44.7 Å². The smallest absolute Gasteiger partial charge is 0.100 e. The lowest BCUT2D eigenvalue weighted by Crippen LogP contribution is -2.02. The van der Waals surface area contributed by atoms with E-state index in [1.54, 1.807) is 0 Å². The Bertz CT molecular complexity index is 63.0. The average molecular weight is 129 g/mol. The molecular formula is C8H14F. The van der Waals surface area contributed by atoms with Gasteiger partial charge in [-0.05, 0) is 25.7 Å². The zero-order chi connectivity index (χ0) is 6.53. The SMILES string of the molecule is FC1CC[CH]CCCC1. The topological polar surface area (TPSA) is 0 Å². The van der Waals surface area contributed by atoms with Crippen molar-refractivity contribution in [1.29, 1.82) is 0 Å². The zero-order valence-corrected chi connectivity index (χ0v) is 5.78. The van der Waals surface area contributed by atoms with Gasteiger partial charge in [0, 0.05) is 0 Å². The Morgan fingerprint density at radius 2 is 2.00 bits per heavy atom. The first-order chi connectivity index (χ1) is 4.39. The van der Waals surface area contributed by atoms with Gasteiger partial charge in [-0.2, -0.15) is 0 Å². The van der Waals surface area contributed by atoms with E-state index in [0.717, 1.165) is 25.7 Å². The van der Waals surface area contributed by atoms with Crippen LogP contribution in [0.4, 0.5) is 4.39 Å². The number of hydrogen-bond donors (Lipinski definition) is 0. The van der Waals surface area contributed by atoms with Crippen LogP contribution >= 0.6 is 0 Å². The van der Waals surface area contributed by atoms with Crippen LogP contribution in [0.15, 0.2) is 0 Å². The molecule has 0 bridgehead atoms. The molecule has 0 amide bonds. The lowest BCUT2D eigenvalue weighted by molar-refractivity contribution is 0.279. The molecule has 1 heteroatoms. The summed E-state index contributed by atoms with van der Waals surface area (Å²) >= 11 is 0. The van der Waals surface area contributed by atoms with Crippen molar-refractivity contribution in [3.63, 3.8) is 0 Å². The van der Waals surface area contributed by atoms with Crippen LogP contribution in [0.2, 0.25) is 0 Å². The van der Waals surface area contributed by atoms with Crippen LogP contribution in [0, 0.1) is 6.42 Å². The summed E-state index contributed by atoms with van der Waals surface area (Å²) in [7, 11) is 0. The highest BCUT2D eigenvalue weighted by Crippen LogP contribution is 2.18. The molecule has 0 nitrogen and oxygen atoms in total. The molecule has 1 rings (SSSR count). The van der Waals surface area contributed by atoms with Crippen molar-refractivity contribution < 1.29 is 4.39 Å². The molecule has 0 heterocycles. The van der Waals surface area contributed by atoms with Crippen LogP contribution in [0.3, 0.4) is 0 Å². The molecule has 0 aliphatic heterocycles. The molecule has 1 fully saturated rings. The van der Waals surface area contributed by atoms with Crippen LogP contribution in [-0.2, 0) is 0 Å². The van der Waals surface area contributed by atoms with Crippen molar-refractivity contribution in [1.82, 2.24) is 0 Å². The summed E-state index contributed by atoms with van der Waals surface area (Å²) in [5.41, 5.74) is 0. The highest BCUT2D eigenvalue weighted by molar-refractivity contribution is 4.71. The van der Waals surface area contributed by atoms with E-state index in [2.05, 4.69) is 6.42 Å². The van der Waals surface area contributed by atoms with Gasteiger partial charge < -0.3 is 0 Å². The number of alkyl halides is 1. The van der Waals surface area contributed by atoms with Crippen LogP contribution < -0.4 is 0 Å². The highest BCUT2D eigenvalue weighted by Gasteiger charge is 2.07. The van der Waals surface area contributed by atoms with Crippen molar-refractivity contribution in [2.75, 3.05) is 0 Å². The van der Waals surface area contributed by atoms with Crippen molar-refractivity contribution in [2.24, 2.45) is 0 Å². The number of rotatable bonds is 0. The molecule has 1 aliphatic rings. The molecule has 0 aromatic carbocycles. The van der Waals surface area contributed by atoms with Crippen molar-refractivity contribution in [3.8, 4) is 0 Å². The van der Waals surface area contributed by atoms with E-state index >= 15 is 0 Å². The lowest BCUT2D eigenvalue weighted by atomic mass is 10.00. The Morgan fingerprint density at radius 1 is 1.11 bits per heavy atom. The summed E-state index contributed by atoms with van der Waals surface area (Å²) in [6.07, 6.45) is 7.73. The van der Waals surface area contributed by atoms with Crippen molar-refractivity contribution in [3.05, 3.63) is 6.42 Å². The van der Waals surface area contributed by atoms with E-state index in [1.807, 2.05) is 0 Å². The maximum absolute atomic E-state index is 12.6. The first kappa shape index (κ1) is 7.04. The van der Waals surface area contributed by atoms with Crippen LogP contribution in [-0.4, -0.2) is 6.17 Å². The summed E-state index contributed by atoms with van der Waals surface area (Å²) in [5.74, 6) is 0. The molecule has 0 aromatic rings. The minimum absolute atomic E-state index is 0.512. The second kappa shape index (κ2) is 3.86. The molecule has 1 saturated carbocycles. The number of halogens is 1. The predicted octanol–water partition coefficient (Wildman–Crippen LogP) is 2.88. The van der Waals surface area contributed by atoms with Gasteiger partial charge in [-0.1, -0.05) is 19.3 Å². The molecule has 0 spiro atoms. The summed E-state index contributed by atoms with van der Waals surface area (Å²) < 4.78 is 12.6. The third kappa shape index (κ3) is 2.83. The molecule has 53 valence electrons. The monoisotopic (exact) mass is 129 g/mol. The first-order valence-electron chi connectivity index (χ1n) is 3.85. The summed E-state index contributed by atoms with van der Waals surface area (Å²) in [4.78, 5) is 0. The Kier molecular flexibility index (Phi) is 3.02. The summed E-state index contributed by atoms with van der Waals surface area (Å²) in [6.45, 7) is 0. The molecule has 1 radical (unpaired) electrons. The zero-order valence-electron chi connectivity index (χ0n) is 5.78. The molecule has 1 atom stereocenters. The maximum Gasteiger partial charge on any atom is 0.100 e. The fourth-order valence-electron chi connectivity index (χ4n) is 1.24. The highest BCUT2D eigenvalue weighted by atomic mass is 19.1. The molecule has 1 unspecified atom stereocenters. The fourth-order valence-corrected chi connectivity index (χ4v) is 1.24. The van der Waals surface area contributed by atoms with E-state index in [-0.39, 0.29) is 0 Å². The number of hydrogen-bond acceptors (Lipinski definition) is 0. The average Bonchev–Trinajstić information content (AvgIpc) is 1.79. The third-order valence-corrected chi connectivity index (χ3v) is 1.86. The Morgan fingerprint density at radius 3 is 2.89 bits per heavy atom. The van der Waals surface area contributed by atoms with E-state index in [9.17, 15) is 4.39 Å². The van der Waals surface area contributed by atoms with E-state index in [0.29, 0.717) is 0 Å². The Labute approximate surface area is 56.5 Å². The second-order valence-electron chi connectivity index (χ2n) is 2.75. The fraction of sp³-hybridized carbons (Fsp3) is 0.875. The molecular weight excluding hydrogens is 115 g/mol. The van der Waals surface area contributed by atoms with Gasteiger partial charge >= 0.3 is 0 Å². The minimum Gasteiger partial charge on any atom is -0.247 e. The minimum atomic E-state index is -0.512. The van der Waals surface area contributed by atoms with Gasteiger partial charge in [0.2, 0.25) is 0 Å². The van der Waals surface area contributed by atoms with E-state index in [1.165, 1.54) is 12.8 Å². The quantitative estimate of drug-likeness (QED) is 0.471. The van der Waals surface area contributed by atoms with Gasteiger partial charge in [0.1, 0.15) is 6.17 Å². The predicted molar refractivity (Wildman–Crippen MR) is 36.9 cm³/mol. The normalized spacial score (nSPS) is 25.0. The van der Waals surface area contributed by atoms with E-state index < -0.39 is 6.17 Å². The third-order valence-electron chi connectivity index (χ3n) is 1.86. The maximum atomic E-state index is 12.6. The second-order valence-corrected chi connectivity index (χ2v) is 2.75. The van der Waals surface area contributed by atoms with E-state index in [4.69, 9.17) is 0 Å². The standard InChI is InChI=1S/C8H14F/c9-8-6-4-2-1-3-5-7-8/h2,8H,1,3-7H2. The molecule has 9 heavy (non-hydrogen) atoms. The van der Waals surface area contributed by atoms with Crippen molar-refractivity contribution >= 4 is 0 Å². The molecule has 0 aromatic heterocycles. The van der Waals surface area contributed by atoms with Gasteiger partial charge in [-0.3, -0.25) is 0 Å². The van der Waals surface area contributed by atoms with Gasteiger partial charge in [-0.15, -0.1) is 0 Å². The van der Waals surface area contributed by atoms with Crippen LogP contribution in [0.5, 0.6) is 0 Å².